The number of rotatable bonds is 6. The van der Waals surface area contributed by atoms with Crippen LogP contribution in [0.4, 0.5) is 0 Å². The lowest BCUT2D eigenvalue weighted by Gasteiger charge is -2.32. The maximum absolute atomic E-state index is 3.87. The first-order chi connectivity index (χ1) is 8.80. The number of benzene rings is 1. The average Bonchev–Trinajstić information content (AvgIpc) is 2.28. The van der Waals surface area contributed by atoms with Crippen LogP contribution < -0.4 is 0 Å². The normalized spacial score (nSPS) is 12.2. The minimum Gasteiger partial charge on any atom is -0.316 e. The molecule has 0 aromatic heterocycles. The molecule has 0 saturated carbocycles. The third kappa shape index (κ3) is 4.68. The Hall–Kier alpha value is -1.34. The van der Waals surface area contributed by atoms with Gasteiger partial charge in [0.1, 0.15) is 6.54 Å². The highest BCUT2D eigenvalue weighted by molar-refractivity contribution is 5.27. The Morgan fingerprint density at radius 1 is 1.00 bits per heavy atom. The molecule has 0 saturated heterocycles. The van der Waals surface area contributed by atoms with Crippen LogP contribution in [0.25, 0.3) is 0 Å². The summed E-state index contributed by atoms with van der Waals surface area (Å²) in [5, 5.41) is 0. The van der Waals surface area contributed by atoms with E-state index in [-0.39, 0.29) is 5.41 Å². The van der Waals surface area contributed by atoms with Crippen LogP contribution in [0.3, 0.4) is 0 Å². The van der Waals surface area contributed by atoms with Gasteiger partial charge in [0.25, 0.3) is 0 Å². The second-order valence-corrected chi connectivity index (χ2v) is 6.67. The standard InChI is InChI=1S/C18H28N/c1-7-13-19(6,14-8-2)15-16-9-11-17(12-10-16)18(3,4)5/h7-12H,1-2,13-15H2,3-6H3/q+1. The number of nitrogens with zero attached hydrogens (tertiary/aromatic N) is 1. The lowest BCUT2D eigenvalue weighted by Crippen LogP contribution is -2.43. The summed E-state index contributed by atoms with van der Waals surface area (Å²) < 4.78 is 0.932. The summed E-state index contributed by atoms with van der Waals surface area (Å²) in [6, 6.07) is 9.01. The van der Waals surface area contributed by atoms with Crippen molar-refractivity contribution in [2.45, 2.75) is 32.7 Å². The molecule has 1 aromatic rings. The molecule has 19 heavy (non-hydrogen) atoms. The van der Waals surface area contributed by atoms with Gasteiger partial charge < -0.3 is 4.48 Å². The first kappa shape index (κ1) is 15.7. The summed E-state index contributed by atoms with van der Waals surface area (Å²) in [6.07, 6.45) is 3.99. The molecular formula is C18H28N+. The van der Waals surface area contributed by atoms with Crippen molar-refractivity contribution in [1.29, 1.82) is 0 Å². The van der Waals surface area contributed by atoms with Crippen LogP contribution in [0.15, 0.2) is 49.6 Å². The monoisotopic (exact) mass is 258 g/mol. The van der Waals surface area contributed by atoms with Gasteiger partial charge in [-0.05, 0) is 23.1 Å². The van der Waals surface area contributed by atoms with E-state index in [0.29, 0.717) is 0 Å². The van der Waals surface area contributed by atoms with Crippen molar-refractivity contribution in [3.05, 3.63) is 60.7 Å². The van der Waals surface area contributed by atoms with Crippen LogP contribution in [0.5, 0.6) is 0 Å². The van der Waals surface area contributed by atoms with Gasteiger partial charge in [-0.25, -0.2) is 0 Å². The molecule has 0 N–H and O–H groups in total. The molecule has 0 fully saturated rings. The van der Waals surface area contributed by atoms with Gasteiger partial charge in [-0.2, -0.15) is 0 Å². The van der Waals surface area contributed by atoms with Crippen molar-refractivity contribution in [1.82, 2.24) is 0 Å². The zero-order valence-corrected chi connectivity index (χ0v) is 12.9. The molecule has 0 amide bonds. The number of likely N-dealkylation sites (N-methyl/N-ethyl adjacent to an activating group) is 1. The Labute approximate surface area is 118 Å². The van der Waals surface area contributed by atoms with E-state index in [4.69, 9.17) is 0 Å². The number of hydrogen-bond acceptors (Lipinski definition) is 0. The Kier molecular flexibility index (Phi) is 5.13. The Balaban J connectivity index is 2.86. The van der Waals surface area contributed by atoms with Gasteiger partial charge in [0.05, 0.1) is 20.1 Å². The predicted molar refractivity (Wildman–Crippen MR) is 85.2 cm³/mol. The molecule has 0 unspecified atom stereocenters. The number of quaternary nitrogens is 1. The SMILES string of the molecule is C=CC[N+](C)(CC=C)Cc1ccc(C(C)(C)C)cc1. The molecule has 0 aliphatic carbocycles. The fourth-order valence-corrected chi connectivity index (χ4v) is 2.38. The molecule has 1 nitrogen and oxygen atoms in total. The van der Waals surface area contributed by atoms with E-state index in [2.05, 4.69) is 65.2 Å². The highest BCUT2D eigenvalue weighted by Crippen LogP contribution is 2.23. The second kappa shape index (κ2) is 6.21. The molecule has 0 aliphatic heterocycles. The lowest BCUT2D eigenvalue weighted by atomic mass is 9.86. The molecule has 1 aromatic carbocycles. The molecule has 1 heteroatoms. The maximum atomic E-state index is 3.87. The van der Waals surface area contributed by atoms with E-state index in [1.807, 2.05) is 12.2 Å². The van der Waals surface area contributed by atoms with Crippen LogP contribution in [0.1, 0.15) is 31.9 Å². The van der Waals surface area contributed by atoms with E-state index in [0.717, 1.165) is 24.1 Å². The Morgan fingerprint density at radius 3 is 1.84 bits per heavy atom. The summed E-state index contributed by atoms with van der Waals surface area (Å²) in [5.41, 5.74) is 2.98. The zero-order valence-electron chi connectivity index (χ0n) is 12.9. The van der Waals surface area contributed by atoms with Crippen molar-refractivity contribution in [2.24, 2.45) is 0 Å². The molecule has 0 radical (unpaired) electrons. The summed E-state index contributed by atoms with van der Waals surface area (Å²) >= 11 is 0. The van der Waals surface area contributed by atoms with Crippen LogP contribution in [-0.2, 0) is 12.0 Å². The van der Waals surface area contributed by atoms with E-state index >= 15 is 0 Å². The molecule has 0 spiro atoms. The summed E-state index contributed by atoms with van der Waals surface area (Å²) in [6.45, 7) is 17.4. The van der Waals surface area contributed by atoms with E-state index in [1.165, 1.54) is 11.1 Å². The summed E-state index contributed by atoms with van der Waals surface area (Å²) in [4.78, 5) is 0. The fourth-order valence-electron chi connectivity index (χ4n) is 2.38. The van der Waals surface area contributed by atoms with Gasteiger partial charge in [0.2, 0.25) is 0 Å². The van der Waals surface area contributed by atoms with Crippen molar-refractivity contribution in [2.75, 3.05) is 20.1 Å². The molecule has 104 valence electrons. The third-order valence-electron chi connectivity index (χ3n) is 3.52. The molecule has 0 aliphatic rings. The van der Waals surface area contributed by atoms with Crippen LogP contribution in [-0.4, -0.2) is 24.6 Å². The third-order valence-corrected chi connectivity index (χ3v) is 3.52. The maximum Gasteiger partial charge on any atom is 0.105 e. The summed E-state index contributed by atoms with van der Waals surface area (Å²) in [5.74, 6) is 0. The van der Waals surface area contributed by atoms with Gasteiger partial charge in [-0.3, -0.25) is 0 Å². The molecule has 0 atom stereocenters. The molecular weight excluding hydrogens is 230 g/mol. The quantitative estimate of drug-likeness (QED) is 0.527. The Bertz CT molecular complexity index is 410. The van der Waals surface area contributed by atoms with Crippen molar-refractivity contribution >= 4 is 0 Å². The topological polar surface area (TPSA) is 0 Å². The molecule has 0 heterocycles. The highest BCUT2D eigenvalue weighted by atomic mass is 15.3. The zero-order chi connectivity index (χ0) is 14.5. The van der Waals surface area contributed by atoms with E-state index in [1.54, 1.807) is 0 Å². The molecule has 1 rings (SSSR count). The van der Waals surface area contributed by atoms with E-state index < -0.39 is 0 Å². The van der Waals surface area contributed by atoms with Gasteiger partial charge in [0, 0.05) is 5.56 Å². The minimum absolute atomic E-state index is 0.221. The fraction of sp³-hybridized carbons (Fsp3) is 0.444. The van der Waals surface area contributed by atoms with E-state index in [9.17, 15) is 0 Å². The smallest absolute Gasteiger partial charge is 0.105 e. The van der Waals surface area contributed by atoms with Crippen LogP contribution in [0, 0.1) is 0 Å². The van der Waals surface area contributed by atoms with Crippen molar-refractivity contribution in [3.8, 4) is 0 Å². The predicted octanol–water partition coefficient (Wildman–Crippen LogP) is 4.30. The van der Waals surface area contributed by atoms with Gasteiger partial charge in [0.15, 0.2) is 0 Å². The van der Waals surface area contributed by atoms with Crippen LogP contribution in [0.2, 0.25) is 0 Å². The average molecular weight is 258 g/mol. The Morgan fingerprint density at radius 2 is 1.47 bits per heavy atom. The largest absolute Gasteiger partial charge is 0.316 e. The second-order valence-electron chi connectivity index (χ2n) is 6.67. The van der Waals surface area contributed by atoms with Gasteiger partial charge in [-0.1, -0.05) is 58.2 Å². The van der Waals surface area contributed by atoms with Crippen molar-refractivity contribution < 1.29 is 4.48 Å². The van der Waals surface area contributed by atoms with Crippen molar-refractivity contribution in [3.63, 3.8) is 0 Å². The van der Waals surface area contributed by atoms with Gasteiger partial charge >= 0.3 is 0 Å². The lowest BCUT2D eigenvalue weighted by molar-refractivity contribution is -0.911. The summed E-state index contributed by atoms with van der Waals surface area (Å²) in [7, 11) is 2.25. The van der Waals surface area contributed by atoms with Gasteiger partial charge in [-0.15, -0.1) is 0 Å². The first-order valence-electron chi connectivity index (χ1n) is 6.95. The highest BCUT2D eigenvalue weighted by Gasteiger charge is 2.19. The first-order valence-corrected chi connectivity index (χ1v) is 6.95. The minimum atomic E-state index is 0.221. The number of hydrogen-bond donors (Lipinski definition) is 0. The molecule has 0 bridgehead atoms. The van der Waals surface area contributed by atoms with Crippen LogP contribution >= 0.6 is 0 Å².